The van der Waals surface area contributed by atoms with Crippen molar-refractivity contribution in [3.63, 3.8) is 0 Å². The molecule has 8 heteroatoms. The molecule has 1 fully saturated rings. The number of nitrogens with zero attached hydrogens (tertiary/aromatic N) is 3. The molecule has 1 saturated heterocycles. The van der Waals surface area contributed by atoms with E-state index in [-0.39, 0.29) is 17.6 Å². The summed E-state index contributed by atoms with van der Waals surface area (Å²) in [6, 6.07) is 11.2. The van der Waals surface area contributed by atoms with Gasteiger partial charge in [0.1, 0.15) is 5.82 Å². The summed E-state index contributed by atoms with van der Waals surface area (Å²) in [5.41, 5.74) is 0.836. The Morgan fingerprint density at radius 2 is 1.64 bits per heavy atom. The van der Waals surface area contributed by atoms with E-state index in [0.717, 1.165) is 5.56 Å². The van der Waals surface area contributed by atoms with E-state index in [4.69, 9.17) is 23.2 Å². The van der Waals surface area contributed by atoms with Crippen LogP contribution in [0.15, 0.2) is 42.5 Å². The Balaban J connectivity index is 1.57. The van der Waals surface area contributed by atoms with Crippen LogP contribution < -0.4 is 0 Å². The molecular weight excluding hydrogens is 464 g/mol. The Labute approximate surface area is 205 Å². The number of hydrogen-bond acceptors (Lipinski definition) is 3. The molecule has 0 saturated carbocycles. The van der Waals surface area contributed by atoms with Crippen molar-refractivity contribution >= 4 is 35.0 Å². The molecule has 0 N–H and O–H groups in total. The lowest BCUT2D eigenvalue weighted by Crippen LogP contribution is -2.51. The third-order valence-corrected chi connectivity index (χ3v) is 6.27. The highest BCUT2D eigenvalue weighted by atomic mass is 35.5. The number of rotatable bonds is 6. The van der Waals surface area contributed by atoms with Crippen LogP contribution in [0.25, 0.3) is 0 Å². The highest BCUT2D eigenvalue weighted by molar-refractivity contribution is 6.36. The van der Waals surface area contributed by atoms with Crippen molar-refractivity contribution in [3.05, 3.63) is 69.5 Å². The van der Waals surface area contributed by atoms with Crippen LogP contribution in [0.5, 0.6) is 0 Å². The minimum Gasteiger partial charge on any atom is -0.337 e. The van der Waals surface area contributed by atoms with Gasteiger partial charge in [0.25, 0.3) is 5.91 Å². The second-order valence-corrected chi connectivity index (χ2v) is 10.2. The molecule has 2 amide bonds. The maximum Gasteiger partial charge on any atom is 0.255 e. The first-order chi connectivity index (χ1) is 15.5. The predicted octanol–water partition coefficient (Wildman–Crippen LogP) is 4.97. The van der Waals surface area contributed by atoms with Crippen LogP contribution in [0.4, 0.5) is 4.39 Å². The lowest BCUT2D eigenvalue weighted by Gasteiger charge is -2.37. The minimum atomic E-state index is -0.511. The molecule has 0 spiro atoms. The van der Waals surface area contributed by atoms with Gasteiger partial charge in [-0.15, -0.1) is 0 Å². The summed E-state index contributed by atoms with van der Waals surface area (Å²) in [7, 11) is 0. The maximum absolute atomic E-state index is 13.3. The summed E-state index contributed by atoms with van der Waals surface area (Å²) in [5.74, 6) is -0.338. The average Bonchev–Trinajstić information content (AvgIpc) is 2.77. The summed E-state index contributed by atoms with van der Waals surface area (Å²) in [6.45, 7) is 10.0. The molecular formula is C25H30Cl2FN3O2. The van der Waals surface area contributed by atoms with Gasteiger partial charge in [0.05, 0.1) is 10.6 Å². The monoisotopic (exact) mass is 493 g/mol. The van der Waals surface area contributed by atoms with E-state index in [0.29, 0.717) is 61.4 Å². The zero-order valence-electron chi connectivity index (χ0n) is 19.3. The maximum atomic E-state index is 13.3. The first kappa shape index (κ1) is 25.5. The Morgan fingerprint density at radius 3 is 2.21 bits per heavy atom. The summed E-state index contributed by atoms with van der Waals surface area (Å²) in [4.78, 5) is 31.7. The molecule has 1 aliphatic rings. The molecule has 0 atom stereocenters. The number of benzene rings is 2. The molecule has 1 heterocycles. The quantitative estimate of drug-likeness (QED) is 0.570. The van der Waals surface area contributed by atoms with E-state index in [2.05, 4.69) is 4.90 Å². The summed E-state index contributed by atoms with van der Waals surface area (Å²) in [6.07, 6.45) is 0. The van der Waals surface area contributed by atoms with Gasteiger partial charge in [-0.3, -0.25) is 14.5 Å². The van der Waals surface area contributed by atoms with Crippen LogP contribution >= 0.6 is 23.2 Å². The van der Waals surface area contributed by atoms with E-state index in [9.17, 15) is 14.0 Å². The lowest BCUT2D eigenvalue weighted by molar-refractivity contribution is -0.140. The normalized spacial score (nSPS) is 14.9. The smallest absolute Gasteiger partial charge is 0.255 e. The van der Waals surface area contributed by atoms with Crippen molar-refractivity contribution in [3.8, 4) is 0 Å². The average molecular weight is 494 g/mol. The molecule has 0 radical (unpaired) electrons. The molecule has 1 aliphatic heterocycles. The Hall–Kier alpha value is -2.15. The number of piperazine rings is 1. The van der Waals surface area contributed by atoms with E-state index in [1.165, 1.54) is 12.1 Å². The summed E-state index contributed by atoms with van der Waals surface area (Å²) in [5, 5.41) is 0.850. The van der Waals surface area contributed by atoms with Crippen molar-refractivity contribution in [1.82, 2.24) is 14.7 Å². The molecule has 0 unspecified atom stereocenters. The van der Waals surface area contributed by atoms with Crippen molar-refractivity contribution < 1.29 is 14.0 Å². The predicted molar refractivity (Wildman–Crippen MR) is 130 cm³/mol. The third kappa shape index (κ3) is 6.92. The number of hydrogen-bond donors (Lipinski definition) is 0. The van der Waals surface area contributed by atoms with Gasteiger partial charge in [-0.25, -0.2) is 4.39 Å². The van der Waals surface area contributed by atoms with E-state index < -0.39 is 5.41 Å². The zero-order valence-corrected chi connectivity index (χ0v) is 20.8. The number of carbonyl (C=O) groups is 2. The molecule has 0 aliphatic carbocycles. The molecule has 178 valence electrons. The number of amides is 2. The SMILES string of the molecule is CC(C)(C)C(=O)N(CCN1CCN(C(=O)c2ccc(Cl)cc2Cl)CC1)Cc1ccc(F)cc1. The second-order valence-electron chi connectivity index (χ2n) is 9.36. The Bertz CT molecular complexity index is 984. The van der Waals surface area contributed by atoms with Gasteiger partial charge in [0.15, 0.2) is 0 Å². The molecule has 2 aromatic rings. The Kier molecular flexibility index (Phi) is 8.38. The van der Waals surface area contributed by atoms with Gasteiger partial charge in [0, 0.05) is 56.3 Å². The van der Waals surface area contributed by atoms with Crippen LogP contribution in [-0.2, 0) is 11.3 Å². The topological polar surface area (TPSA) is 43.9 Å². The van der Waals surface area contributed by atoms with Crippen molar-refractivity contribution in [2.75, 3.05) is 39.3 Å². The fraction of sp³-hybridized carbons (Fsp3) is 0.440. The highest BCUT2D eigenvalue weighted by Gasteiger charge is 2.29. The standard InChI is InChI=1S/C25H30Cl2FN3O2/c1-25(2,3)24(33)31(17-18-4-7-20(28)8-5-18)15-12-29-10-13-30(14-11-29)23(32)21-9-6-19(26)16-22(21)27/h4-9,16H,10-15,17H2,1-3H3. The van der Waals surface area contributed by atoms with Crippen LogP contribution in [0.2, 0.25) is 10.0 Å². The molecule has 0 aromatic heterocycles. The molecule has 33 heavy (non-hydrogen) atoms. The fourth-order valence-corrected chi connectivity index (χ4v) is 4.30. The van der Waals surface area contributed by atoms with E-state index >= 15 is 0 Å². The second kappa shape index (κ2) is 10.9. The first-order valence-electron chi connectivity index (χ1n) is 11.0. The summed E-state index contributed by atoms with van der Waals surface area (Å²) >= 11 is 12.1. The Morgan fingerprint density at radius 1 is 1.00 bits per heavy atom. The van der Waals surface area contributed by atoms with Crippen LogP contribution in [0.1, 0.15) is 36.7 Å². The minimum absolute atomic E-state index is 0.0537. The van der Waals surface area contributed by atoms with Gasteiger partial charge < -0.3 is 9.80 Å². The van der Waals surface area contributed by atoms with Gasteiger partial charge in [-0.1, -0.05) is 56.1 Å². The number of halogens is 3. The van der Waals surface area contributed by atoms with Crippen LogP contribution in [-0.4, -0.2) is 65.8 Å². The van der Waals surface area contributed by atoms with Gasteiger partial charge in [-0.05, 0) is 35.9 Å². The first-order valence-corrected chi connectivity index (χ1v) is 11.8. The lowest BCUT2D eigenvalue weighted by atomic mass is 9.94. The third-order valence-electron chi connectivity index (χ3n) is 5.72. The summed E-state index contributed by atoms with van der Waals surface area (Å²) < 4.78 is 13.3. The van der Waals surface area contributed by atoms with Crippen LogP contribution in [0, 0.1) is 11.2 Å². The zero-order chi connectivity index (χ0) is 24.2. The van der Waals surface area contributed by atoms with Crippen molar-refractivity contribution in [2.24, 2.45) is 5.41 Å². The van der Waals surface area contributed by atoms with Crippen LogP contribution in [0.3, 0.4) is 0 Å². The van der Waals surface area contributed by atoms with Crippen molar-refractivity contribution in [2.45, 2.75) is 27.3 Å². The van der Waals surface area contributed by atoms with Gasteiger partial charge >= 0.3 is 0 Å². The largest absolute Gasteiger partial charge is 0.337 e. The fourth-order valence-electron chi connectivity index (χ4n) is 3.81. The molecule has 5 nitrogen and oxygen atoms in total. The molecule has 0 bridgehead atoms. The molecule has 2 aromatic carbocycles. The van der Waals surface area contributed by atoms with E-state index in [1.54, 1.807) is 35.2 Å². The number of carbonyl (C=O) groups excluding carboxylic acids is 2. The van der Waals surface area contributed by atoms with E-state index in [1.807, 2.05) is 25.7 Å². The molecule has 3 rings (SSSR count). The van der Waals surface area contributed by atoms with Gasteiger partial charge in [0.2, 0.25) is 5.91 Å². The highest BCUT2D eigenvalue weighted by Crippen LogP contribution is 2.23. The van der Waals surface area contributed by atoms with Gasteiger partial charge in [-0.2, -0.15) is 0 Å². The van der Waals surface area contributed by atoms with Crippen molar-refractivity contribution in [1.29, 1.82) is 0 Å².